The maximum Gasteiger partial charge on any atom is 0.328 e. The van der Waals surface area contributed by atoms with Gasteiger partial charge in [0.1, 0.15) is 4.90 Å². The summed E-state index contributed by atoms with van der Waals surface area (Å²) in [5.41, 5.74) is 0.575. The maximum absolute atomic E-state index is 10.9. The molecule has 0 spiro atoms. The molecule has 0 fully saturated rings. The fourth-order valence-corrected chi connectivity index (χ4v) is 2.15. The molecule has 0 saturated heterocycles. The first-order valence-corrected chi connectivity index (χ1v) is 7.28. The number of aryl methyl sites for hydroxylation is 1. The van der Waals surface area contributed by atoms with Gasteiger partial charge in [0, 0.05) is 0 Å². The van der Waals surface area contributed by atoms with Gasteiger partial charge in [-0.15, -0.1) is 0 Å². The topological polar surface area (TPSA) is 97.4 Å². The van der Waals surface area contributed by atoms with Crippen molar-refractivity contribution in [3.63, 3.8) is 0 Å². The Hall–Kier alpha value is -1.12. The normalized spacial score (nSPS) is 12.4. The first-order chi connectivity index (χ1) is 7.09. The lowest BCUT2D eigenvalue weighted by atomic mass is 10.2. The molecule has 0 amide bonds. The van der Waals surface area contributed by atoms with Crippen LogP contribution < -0.4 is 4.18 Å². The highest BCUT2D eigenvalue weighted by Crippen LogP contribution is 2.26. The molecule has 6 nitrogen and oxygen atoms in total. The highest BCUT2D eigenvalue weighted by atomic mass is 32.2. The quantitative estimate of drug-likeness (QED) is 0.739. The van der Waals surface area contributed by atoms with Crippen molar-refractivity contribution in [3.8, 4) is 5.75 Å². The Labute approximate surface area is 93.7 Å². The van der Waals surface area contributed by atoms with E-state index in [2.05, 4.69) is 4.18 Å². The number of hydrogen-bond acceptors (Lipinski definition) is 5. The number of hydrogen-bond donors (Lipinski definition) is 0. The average Bonchev–Trinajstić information content (AvgIpc) is 1.97. The molecule has 89 valence electrons. The molecule has 8 heteroatoms. The fraction of sp³-hybridized carbons (Fsp3) is 0.250. The lowest BCUT2D eigenvalue weighted by molar-refractivity contribution is 0.410. The summed E-state index contributed by atoms with van der Waals surface area (Å²) < 4.78 is 58.6. The van der Waals surface area contributed by atoms with Crippen LogP contribution in [0.5, 0.6) is 5.75 Å². The molecule has 0 aliphatic carbocycles. The Morgan fingerprint density at radius 1 is 1.12 bits per heavy atom. The van der Waals surface area contributed by atoms with Crippen molar-refractivity contribution in [2.45, 2.75) is 11.8 Å². The van der Waals surface area contributed by atoms with E-state index in [0.717, 1.165) is 12.3 Å². The van der Waals surface area contributed by atoms with Gasteiger partial charge in [0.25, 0.3) is 0 Å². The third-order valence-electron chi connectivity index (χ3n) is 1.61. The lowest BCUT2D eigenvalue weighted by Crippen LogP contribution is -2.09. The molecule has 0 unspecified atom stereocenters. The van der Waals surface area contributed by atoms with E-state index in [1.54, 1.807) is 6.92 Å². The zero-order valence-electron chi connectivity index (χ0n) is 8.50. The molecule has 16 heavy (non-hydrogen) atoms. The van der Waals surface area contributed by atoms with Crippen LogP contribution in [0, 0.1) is 6.92 Å². The SMILES string of the molecule is Cc1ccc(S([O])(=O)=O)c(OS(C)(=O)=O)c1. The van der Waals surface area contributed by atoms with E-state index in [9.17, 15) is 21.4 Å². The van der Waals surface area contributed by atoms with Crippen LogP contribution in [0.3, 0.4) is 0 Å². The first-order valence-electron chi connectivity index (χ1n) is 4.05. The van der Waals surface area contributed by atoms with Crippen LogP contribution in [0.25, 0.3) is 0 Å². The highest BCUT2D eigenvalue weighted by molar-refractivity contribution is 7.86. The molecule has 0 aliphatic rings. The van der Waals surface area contributed by atoms with Gasteiger partial charge in [-0.05, 0) is 24.6 Å². The Morgan fingerprint density at radius 3 is 2.12 bits per heavy atom. The predicted molar refractivity (Wildman–Crippen MR) is 54.5 cm³/mol. The minimum Gasteiger partial charge on any atom is -0.381 e. The molecule has 0 N–H and O–H groups in total. The second-order valence-electron chi connectivity index (χ2n) is 3.19. The van der Waals surface area contributed by atoms with E-state index >= 15 is 0 Å². The molecule has 0 bridgehead atoms. The maximum atomic E-state index is 10.9. The first kappa shape index (κ1) is 12.9. The molecule has 0 heterocycles. The van der Waals surface area contributed by atoms with Crippen LogP contribution in [-0.4, -0.2) is 23.1 Å². The van der Waals surface area contributed by atoms with Gasteiger partial charge in [-0.25, -0.2) is 0 Å². The number of rotatable bonds is 3. The van der Waals surface area contributed by atoms with E-state index < -0.39 is 30.9 Å². The summed E-state index contributed by atoms with van der Waals surface area (Å²) >= 11 is 0. The zero-order valence-corrected chi connectivity index (χ0v) is 10.1. The Balaban J connectivity index is 3.42. The summed E-state index contributed by atoms with van der Waals surface area (Å²) in [6.07, 6.45) is 0.760. The molecule has 1 aromatic carbocycles. The summed E-state index contributed by atoms with van der Waals surface area (Å²) in [4.78, 5) is -0.691. The molecule has 0 aliphatic heterocycles. The van der Waals surface area contributed by atoms with Crippen molar-refractivity contribution >= 4 is 20.2 Å². The van der Waals surface area contributed by atoms with E-state index in [1.807, 2.05) is 0 Å². The van der Waals surface area contributed by atoms with Crippen molar-refractivity contribution in [1.82, 2.24) is 0 Å². The fourth-order valence-electron chi connectivity index (χ4n) is 1.05. The van der Waals surface area contributed by atoms with Crippen LogP contribution in [0.15, 0.2) is 23.1 Å². The van der Waals surface area contributed by atoms with Gasteiger partial charge >= 0.3 is 20.2 Å². The minimum atomic E-state index is -4.76. The van der Waals surface area contributed by atoms with Crippen molar-refractivity contribution < 1.29 is 25.6 Å². The largest absolute Gasteiger partial charge is 0.381 e. The van der Waals surface area contributed by atoms with Gasteiger partial charge in [-0.2, -0.15) is 16.8 Å². The molecule has 0 atom stereocenters. The van der Waals surface area contributed by atoms with E-state index in [-0.39, 0.29) is 0 Å². The Bertz CT molecular complexity index is 599. The average molecular weight is 265 g/mol. The van der Waals surface area contributed by atoms with Crippen LogP contribution in [0.4, 0.5) is 0 Å². The van der Waals surface area contributed by atoms with Crippen molar-refractivity contribution in [3.05, 3.63) is 23.8 Å². The smallest absolute Gasteiger partial charge is 0.328 e. The van der Waals surface area contributed by atoms with Gasteiger partial charge in [-0.3, -0.25) is 0 Å². The molecule has 1 radical (unpaired) electrons. The highest BCUT2D eigenvalue weighted by Gasteiger charge is 2.20. The second-order valence-corrected chi connectivity index (χ2v) is 6.11. The van der Waals surface area contributed by atoms with Gasteiger partial charge in [0.2, 0.25) is 0 Å². The van der Waals surface area contributed by atoms with Crippen LogP contribution in [0.1, 0.15) is 5.56 Å². The molecular formula is C8H9O6S2. The summed E-state index contributed by atoms with van der Waals surface area (Å²) in [5, 5.41) is 0. The monoisotopic (exact) mass is 265 g/mol. The van der Waals surface area contributed by atoms with Gasteiger partial charge < -0.3 is 4.18 Å². The minimum absolute atomic E-state index is 0.475. The lowest BCUT2D eigenvalue weighted by Gasteiger charge is -2.07. The van der Waals surface area contributed by atoms with E-state index in [4.69, 9.17) is 0 Å². The van der Waals surface area contributed by atoms with Crippen LogP contribution >= 0.6 is 0 Å². The van der Waals surface area contributed by atoms with E-state index in [1.165, 1.54) is 12.1 Å². The van der Waals surface area contributed by atoms with Gasteiger partial charge in [-0.1, -0.05) is 10.6 Å². The predicted octanol–water partition coefficient (Wildman–Crippen LogP) is 0.453. The Morgan fingerprint density at radius 2 is 1.69 bits per heavy atom. The van der Waals surface area contributed by atoms with Crippen LogP contribution in [0.2, 0.25) is 0 Å². The van der Waals surface area contributed by atoms with Crippen LogP contribution in [-0.2, 0) is 24.8 Å². The van der Waals surface area contributed by atoms with Gasteiger partial charge in [0.15, 0.2) is 5.75 Å². The van der Waals surface area contributed by atoms with Crippen molar-refractivity contribution in [2.75, 3.05) is 6.26 Å². The summed E-state index contributed by atoms with van der Waals surface area (Å²) in [5.74, 6) is -0.475. The summed E-state index contributed by atoms with van der Waals surface area (Å²) in [7, 11) is -8.64. The van der Waals surface area contributed by atoms with Crippen molar-refractivity contribution in [1.29, 1.82) is 0 Å². The summed E-state index contributed by atoms with van der Waals surface area (Å²) in [6.45, 7) is 1.61. The molecule has 0 saturated carbocycles. The van der Waals surface area contributed by atoms with Gasteiger partial charge in [0.05, 0.1) is 6.26 Å². The Kier molecular flexibility index (Phi) is 3.27. The zero-order chi connectivity index (χ0) is 12.6. The molecule has 0 aromatic heterocycles. The third-order valence-corrected chi connectivity index (χ3v) is 2.97. The van der Waals surface area contributed by atoms with E-state index in [0.29, 0.717) is 5.56 Å². The number of benzene rings is 1. The molecule has 1 aromatic rings. The van der Waals surface area contributed by atoms with Crippen molar-refractivity contribution in [2.24, 2.45) is 0 Å². The molecule has 1 rings (SSSR count). The summed E-state index contributed by atoms with van der Waals surface area (Å²) in [6, 6.07) is 3.56. The third kappa shape index (κ3) is 3.47. The standard InChI is InChI=1S/C8H9O6S2/c1-6-3-4-8(16(11,12)13)7(5-6)14-15(2,9)10/h3-5H,1-2H3. The second kappa shape index (κ2) is 4.04. The molecular weight excluding hydrogens is 256 g/mol.